The monoisotopic (exact) mass is 261 g/mol. The van der Waals surface area contributed by atoms with Gasteiger partial charge in [0.05, 0.1) is 18.8 Å². The molecule has 1 aliphatic rings. The Labute approximate surface area is 99.4 Å². The molecule has 0 amide bonds. The smallest absolute Gasteiger partial charge is 0.330 e. The molecule has 0 bridgehead atoms. The predicted octanol–water partition coefficient (Wildman–Crippen LogP) is -2.75. The zero-order valence-electron chi connectivity index (χ0n) is 9.12. The molecule has 1 fully saturated rings. The van der Waals surface area contributed by atoms with E-state index in [1.165, 1.54) is 0 Å². The van der Waals surface area contributed by atoms with Crippen molar-refractivity contribution in [1.82, 2.24) is 9.55 Å². The number of nitrogens with one attached hydrogen (secondary N) is 1. The van der Waals surface area contributed by atoms with Crippen LogP contribution in [0.5, 0.6) is 0 Å². The quantitative estimate of drug-likeness (QED) is 0.456. The van der Waals surface area contributed by atoms with Gasteiger partial charge in [0.15, 0.2) is 6.23 Å². The number of hydrogen-bond donors (Lipinski definition) is 4. The highest BCUT2D eigenvalue weighted by molar-refractivity contribution is 4.96. The van der Waals surface area contributed by atoms with E-state index in [9.17, 15) is 19.1 Å². The minimum absolute atomic E-state index is 0.494. The maximum atomic E-state index is 13.1. The van der Waals surface area contributed by atoms with Gasteiger partial charge in [0, 0.05) is 0 Å². The van der Waals surface area contributed by atoms with Crippen molar-refractivity contribution >= 4 is 0 Å². The Kier molecular flexibility index (Phi) is 3.30. The summed E-state index contributed by atoms with van der Waals surface area (Å²) in [6.45, 7) is -0.494. The molecule has 1 aromatic heterocycles. The van der Waals surface area contributed by atoms with E-state index in [0.29, 0.717) is 6.20 Å². The highest BCUT2D eigenvalue weighted by Gasteiger charge is 2.42. The zero-order chi connectivity index (χ0) is 13.4. The largest absolute Gasteiger partial charge is 0.394 e. The number of ether oxygens (including phenoxy) is 1. The summed E-state index contributed by atoms with van der Waals surface area (Å²) in [7, 11) is 0. The summed E-state index contributed by atoms with van der Waals surface area (Å²) in [6.07, 6.45) is -2.66. The van der Waals surface area contributed by atoms with Gasteiger partial charge in [0.2, 0.25) is 5.82 Å². The molecule has 0 aliphatic carbocycles. The van der Waals surface area contributed by atoms with E-state index < -0.39 is 48.2 Å². The molecule has 0 spiro atoms. The van der Waals surface area contributed by atoms with Crippen LogP contribution in [0, 0.1) is 5.82 Å². The van der Waals surface area contributed by atoms with E-state index in [0.717, 1.165) is 4.57 Å². The van der Waals surface area contributed by atoms with Crippen molar-refractivity contribution in [2.45, 2.75) is 24.5 Å². The van der Waals surface area contributed by atoms with Crippen molar-refractivity contribution < 1.29 is 19.3 Å². The fourth-order valence-corrected chi connectivity index (χ4v) is 1.82. The molecular formula is C9H12FN3O5. The lowest BCUT2D eigenvalue weighted by Crippen LogP contribution is -2.43. The summed E-state index contributed by atoms with van der Waals surface area (Å²) in [6, 6.07) is -1.02. The average molecular weight is 261 g/mol. The molecule has 4 atom stereocenters. The lowest BCUT2D eigenvalue weighted by atomic mass is 10.1. The molecule has 18 heavy (non-hydrogen) atoms. The van der Waals surface area contributed by atoms with Crippen molar-refractivity contribution in [2.24, 2.45) is 5.73 Å². The first kappa shape index (κ1) is 12.9. The van der Waals surface area contributed by atoms with Crippen molar-refractivity contribution in [3.05, 3.63) is 32.9 Å². The summed E-state index contributed by atoms with van der Waals surface area (Å²) in [4.78, 5) is 24.1. The third-order valence-corrected chi connectivity index (χ3v) is 2.80. The van der Waals surface area contributed by atoms with Crippen LogP contribution in [0.25, 0.3) is 0 Å². The Bertz CT molecular complexity index is 556. The molecular weight excluding hydrogens is 249 g/mol. The summed E-state index contributed by atoms with van der Waals surface area (Å²) >= 11 is 0. The molecule has 2 heterocycles. The number of aliphatic hydroxyl groups excluding tert-OH is 2. The number of rotatable bonds is 2. The molecule has 0 radical (unpaired) electrons. The average Bonchev–Trinajstić information content (AvgIpc) is 2.61. The maximum Gasteiger partial charge on any atom is 0.330 e. The standard InChI is InChI=1S/C9H12FN3O5/c10-3-1-13(9(17)12-7(3)16)8-5(11)6(15)4(2-14)18-8/h1,4-6,8,14-15H,2,11H2,(H,12,16,17)/t4-,5+,6-,8-/m1/s1. The fourth-order valence-electron chi connectivity index (χ4n) is 1.82. The van der Waals surface area contributed by atoms with Crippen LogP contribution in [0.4, 0.5) is 4.39 Å². The van der Waals surface area contributed by atoms with Gasteiger partial charge in [-0.2, -0.15) is 4.39 Å². The highest BCUT2D eigenvalue weighted by atomic mass is 19.1. The first-order valence-corrected chi connectivity index (χ1v) is 5.16. The number of H-pyrrole nitrogens is 1. The molecule has 0 saturated carbocycles. The third kappa shape index (κ3) is 1.97. The molecule has 9 heteroatoms. The van der Waals surface area contributed by atoms with Crippen LogP contribution in [0.2, 0.25) is 0 Å². The number of nitrogens with two attached hydrogens (primary N) is 1. The van der Waals surface area contributed by atoms with Crippen LogP contribution in [0.3, 0.4) is 0 Å². The van der Waals surface area contributed by atoms with Gasteiger partial charge in [0.25, 0.3) is 5.56 Å². The van der Waals surface area contributed by atoms with E-state index in [2.05, 4.69) is 0 Å². The Balaban J connectivity index is 2.42. The van der Waals surface area contributed by atoms with Crippen molar-refractivity contribution in [1.29, 1.82) is 0 Å². The molecule has 5 N–H and O–H groups in total. The fraction of sp³-hybridized carbons (Fsp3) is 0.556. The second-order valence-electron chi connectivity index (χ2n) is 3.96. The van der Waals surface area contributed by atoms with Gasteiger partial charge in [-0.1, -0.05) is 0 Å². The molecule has 8 nitrogen and oxygen atoms in total. The summed E-state index contributed by atoms with van der Waals surface area (Å²) in [5, 5.41) is 18.5. The Morgan fingerprint density at radius 3 is 2.78 bits per heavy atom. The lowest BCUT2D eigenvalue weighted by molar-refractivity contribution is -0.0468. The summed E-state index contributed by atoms with van der Waals surface area (Å²) in [5.41, 5.74) is 3.56. The molecule has 0 unspecified atom stereocenters. The summed E-state index contributed by atoms with van der Waals surface area (Å²) in [5.74, 6) is -1.17. The summed E-state index contributed by atoms with van der Waals surface area (Å²) < 4.78 is 19.0. The van der Waals surface area contributed by atoms with Gasteiger partial charge in [-0.25, -0.2) is 4.79 Å². The molecule has 1 aliphatic heterocycles. The number of aliphatic hydroxyl groups is 2. The maximum absolute atomic E-state index is 13.1. The predicted molar refractivity (Wildman–Crippen MR) is 56.3 cm³/mol. The van der Waals surface area contributed by atoms with Gasteiger partial charge in [-0.05, 0) is 0 Å². The normalized spacial score (nSPS) is 31.8. The van der Waals surface area contributed by atoms with Gasteiger partial charge in [0.1, 0.15) is 12.2 Å². The van der Waals surface area contributed by atoms with Crippen LogP contribution < -0.4 is 17.0 Å². The molecule has 0 aromatic carbocycles. The first-order chi connectivity index (χ1) is 8.45. The first-order valence-electron chi connectivity index (χ1n) is 5.16. The van der Waals surface area contributed by atoms with Crippen molar-refractivity contribution in [3.63, 3.8) is 0 Å². The Hall–Kier alpha value is -1.55. The molecule has 1 saturated heterocycles. The number of aromatic amines is 1. The number of halogens is 1. The van der Waals surface area contributed by atoms with E-state index in [4.69, 9.17) is 15.6 Å². The minimum atomic E-state index is -1.19. The van der Waals surface area contributed by atoms with Crippen LogP contribution in [0.1, 0.15) is 6.23 Å². The minimum Gasteiger partial charge on any atom is -0.394 e. The van der Waals surface area contributed by atoms with E-state index >= 15 is 0 Å². The SMILES string of the molecule is N[C@H]1[C@H](O)[C@@H](CO)O[C@H]1n1cc(F)c(=O)[nH]c1=O. The van der Waals surface area contributed by atoms with Crippen LogP contribution >= 0.6 is 0 Å². The van der Waals surface area contributed by atoms with Crippen molar-refractivity contribution in [3.8, 4) is 0 Å². The number of aromatic nitrogens is 2. The number of nitrogens with zero attached hydrogens (tertiary/aromatic N) is 1. The van der Waals surface area contributed by atoms with Gasteiger partial charge < -0.3 is 20.7 Å². The third-order valence-electron chi connectivity index (χ3n) is 2.80. The molecule has 2 rings (SSSR count). The van der Waals surface area contributed by atoms with Crippen molar-refractivity contribution in [2.75, 3.05) is 6.61 Å². The van der Waals surface area contributed by atoms with Gasteiger partial charge >= 0.3 is 5.69 Å². The topological polar surface area (TPSA) is 131 Å². The van der Waals surface area contributed by atoms with E-state index in [1.807, 2.05) is 0 Å². The number of hydrogen-bond acceptors (Lipinski definition) is 6. The second kappa shape index (κ2) is 4.61. The Morgan fingerprint density at radius 2 is 2.22 bits per heavy atom. The van der Waals surface area contributed by atoms with E-state index in [1.54, 1.807) is 4.98 Å². The van der Waals surface area contributed by atoms with Gasteiger partial charge in [-0.15, -0.1) is 0 Å². The van der Waals surface area contributed by atoms with E-state index in [-0.39, 0.29) is 0 Å². The lowest BCUT2D eigenvalue weighted by Gasteiger charge is -2.17. The van der Waals surface area contributed by atoms with Gasteiger partial charge in [-0.3, -0.25) is 14.3 Å². The highest BCUT2D eigenvalue weighted by Crippen LogP contribution is 2.26. The zero-order valence-corrected chi connectivity index (χ0v) is 9.12. The van der Waals surface area contributed by atoms with Crippen LogP contribution in [0.15, 0.2) is 15.8 Å². The molecule has 100 valence electrons. The van der Waals surface area contributed by atoms with Crippen LogP contribution in [-0.4, -0.2) is 44.6 Å². The second-order valence-corrected chi connectivity index (χ2v) is 3.96. The molecule has 1 aromatic rings. The Morgan fingerprint density at radius 1 is 1.56 bits per heavy atom. The van der Waals surface area contributed by atoms with Crippen LogP contribution in [-0.2, 0) is 4.74 Å².